The molecule has 2 unspecified atom stereocenters. The Morgan fingerprint density at radius 2 is 0.643 bits per heavy atom. The molecule has 0 bridgehead atoms. The summed E-state index contributed by atoms with van der Waals surface area (Å²) in [7, 11) is 1.18. The molecule has 0 heterocycles. The van der Waals surface area contributed by atoms with Crippen molar-refractivity contribution < 1.29 is 42.1 Å². The number of carbonyl (C=O) groups excluding carboxylic acids is 2. The fraction of sp³-hybridized carbons (Fsp3) is 0.838. The molecule has 84 heavy (non-hydrogen) atoms. The molecule has 0 aliphatic carbocycles. The van der Waals surface area contributed by atoms with Gasteiger partial charge < -0.3 is 27.9 Å². The normalized spacial score (nSPS) is 13.5. The maximum absolute atomic E-state index is 12.9. The van der Waals surface area contributed by atoms with Gasteiger partial charge in [-0.15, -0.1) is 0 Å². The first kappa shape index (κ1) is 81.7. The number of nitrogens with zero attached hydrogens (tertiary/aromatic N) is 1. The molecule has 0 saturated heterocycles. The number of hydrogen-bond donors (Lipinski definition) is 0. The minimum Gasteiger partial charge on any atom is -0.756 e. The van der Waals surface area contributed by atoms with Crippen molar-refractivity contribution in [3.63, 3.8) is 0 Å². The third kappa shape index (κ3) is 68.8. The Morgan fingerprint density at radius 1 is 0.369 bits per heavy atom. The number of esters is 2. The van der Waals surface area contributed by atoms with Crippen molar-refractivity contribution in [2.24, 2.45) is 0 Å². The lowest BCUT2D eigenvalue weighted by Crippen LogP contribution is -2.37. The smallest absolute Gasteiger partial charge is 0.306 e. The Bertz CT molecular complexity index is 1600. The third-order valence-corrected chi connectivity index (χ3v) is 17.0. The van der Waals surface area contributed by atoms with Gasteiger partial charge >= 0.3 is 11.9 Å². The zero-order valence-corrected chi connectivity index (χ0v) is 57.0. The molecule has 0 spiro atoms. The summed E-state index contributed by atoms with van der Waals surface area (Å²) in [5, 5.41) is 0. The van der Waals surface area contributed by atoms with Gasteiger partial charge in [-0.05, 0) is 83.5 Å². The van der Waals surface area contributed by atoms with Crippen molar-refractivity contribution in [3.05, 3.63) is 60.8 Å². The Labute approximate surface area is 521 Å². The highest BCUT2D eigenvalue weighted by Crippen LogP contribution is 2.38. The lowest BCUT2D eigenvalue weighted by molar-refractivity contribution is -0.870. The molecule has 0 radical (unpaired) electrons. The predicted octanol–water partition coefficient (Wildman–Crippen LogP) is 22.8. The van der Waals surface area contributed by atoms with Gasteiger partial charge in [0, 0.05) is 12.8 Å². The first-order chi connectivity index (χ1) is 41.0. The monoisotopic (exact) mass is 1200 g/mol. The first-order valence-corrected chi connectivity index (χ1v) is 37.5. The van der Waals surface area contributed by atoms with Crippen molar-refractivity contribution in [1.29, 1.82) is 0 Å². The third-order valence-electron chi connectivity index (χ3n) is 16.0. The Balaban J connectivity index is 4.01. The van der Waals surface area contributed by atoms with E-state index in [0.717, 1.165) is 57.8 Å². The molecule has 0 aromatic carbocycles. The van der Waals surface area contributed by atoms with Crippen LogP contribution in [0.2, 0.25) is 0 Å². The van der Waals surface area contributed by atoms with Crippen LogP contribution < -0.4 is 4.89 Å². The second-order valence-corrected chi connectivity index (χ2v) is 27.0. The number of unbranched alkanes of at least 4 members (excludes halogenated alkanes) is 43. The highest BCUT2D eigenvalue weighted by atomic mass is 31.2. The van der Waals surface area contributed by atoms with E-state index in [0.29, 0.717) is 17.4 Å². The van der Waals surface area contributed by atoms with Gasteiger partial charge in [-0.3, -0.25) is 14.2 Å². The van der Waals surface area contributed by atoms with Gasteiger partial charge in [-0.25, -0.2) is 0 Å². The largest absolute Gasteiger partial charge is 0.756 e. The summed E-state index contributed by atoms with van der Waals surface area (Å²) in [6, 6.07) is 0. The number of quaternary nitrogens is 1. The molecule has 0 fully saturated rings. The fourth-order valence-corrected chi connectivity index (χ4v) is 11.2. The minimum absolute atomic E-state index is 0.0303. The van der Waals surface area contributed by atoms with E-state index in [1.807, 2.05) is 21.1 Å². The molecule has 0 amide bonds. The SMILES string of the molecule is CCCCCCC/C=C\C/C=C\C/C=C\CCCCCCCCCCCCCCCCC(=O)OC(COC(=O)CCCCCCCCCCCCCCCCCCCCC/C=C\C/C=C\CCCCCCC)COP(=O)([O-])OCC[N+](C)(C)C. The molecule has 0 N–H and O–H groups in total. The number of carbonyl (C=O) groups is 2. The van der Waals surface area contributed by atoms with Crippen molar-refractivity contribution in [2.75, 3.05) is 47.5 Å². The number of phosphoric ester groups is 1. The number of ether oxygens (including phenoxy) is 2. The van der Waals surface area contributed by atoms with Crippen molar-refractivity contribution >= 4 is 19.8 Å². The summed E-state index contributed by atoms with van der Waals surface area (Å²) in [6.07, 6.45) is 85.9. The van der Waals surface area contributed by atoms with Crippen LogP contribution in [0, 0.1) is 0 Å². The van der Waals surface area contributed by atoms with Gasteiger partial charge in [0.05, 0.1) is 27.7 Å². The quantitative estimate of drug-likeness (QED) is 0.0195. The second-order valence-electron chi connectivity index (χ2n) is 25.6. The highest BCUT2D eigenvalue weighted by Gasteiger charge is 2.22. The van der Waals surface area contributed by atoms with Gasteiger partial charge in [-0.1, -0.05) is 312 Å². The summed E-state index contributed by atoms with van der Waals surface area (Å²) in [4.78, 5) is 38.1. The summed E-state index contributed by atoms with van der Waals surface area (Å²) in [5.41, 5.74) is 0. The van der Waals surface area contributed by atoms with Crippen molar-refractivity contribution in [2.45, 2.75) is 354 Å². The van der Waals surface area contributed by atoms with Crippen LogP contribution in [0.3, 0.4) is 0 Å². The first-order valence-electron chi connectivity index (χ1n) is 36.0. The molecule has 0 saturated carbocycles. The Kier molecular flexibility index (Phi) is 63.4. The summed E-state index contributed by atoms with van der Waals surface area (Å²) in [5.74, 6) is -0.818. The summed E-state index contributed by atoms with van der Waals surface area (Å²) < 4.78 is 34.3. The van der Waals surface area contributed by atoms with Gasteiger partial charge in [0.15, 0.2) is 6.10 Å². The number of rotatable bonds is 67. The molecule has 492 valence electrons. The molecule has 2 atom stereocenters. The van der Waals surface area contributed by atoms with Crippen molar-refractivity contribution in [3.8, 4) is 0 Å². The number of allylic oxidation sites excluding steroid dienone is 10. The zero-order chi connectivity index (χ0) is 61.2. The van der Waals surface area contributed by atoms with Crippen LogP contribution in [0.15, 0.2) is 60.8 Å². The summed E-state index contributed by atoms with van der Waals surface area (Å²) in [6.45, 7) is 4.27. The van der Waals surface area contributed by atoms with E-state index in [9.17, 15) is 19.0 Å². The van der Waals surface area contributed by atoms with Crippen LogP contribution in [-0.4, -0.2) is 70.0 Å². The summed E-state index contributed by atoms with van der Waals surface area (Å²) >= 11 is 0. The van der Waals surface area contributed by atoms with E-state index in [2.05, 4.69) is 74.6 Å². The Hall–Kier alpha value is -2.29. The van der Waals surface area contributed by atoms with Crippen LogP contribution in [-0.2, 0) is 32.7 Å². The molecule has 9 nitrogen and oxygen atoms in total. The maximum Gasteiger partial charge on any atom is 0.306 e. The van der Waals surface area contributed by atoms with Gasteiger partial charge in [0.2, 0.25) is 0 Å². The molecular weight excluding hydrogens is 1060 g/mol. The van der Waals surface area contributed by atoms with E-state index in [1.165, 1.54) is 257 Å². The second kappa shape index (κ2) is 65.2. The molecule has 0 rings (SSSR count). The van der Waals surface area contributed by atoms with E-state index < -0.39 is 26.5 Å². The molecular formula is C74H138NO8P. The molecule has 0 aromatic rings. The van der Waals surface area contributed by atoms with E-state index in [4.69, 9.17) is 18.5 Å². The lowest BCUT2D eigenvalue weighted by Gasteiger charge is -2.28. The molecule has 0 aliphatic heterocycles. The average Bonchev–Trinajstić information content (AvgIpc) is 3.61. The Morgan fingerprint density at radius 3 is 0.952 bits per heavy atom. The number of hydrogen-bond acceptors (Lipinski definition) is 8. The highest BCUT2D eigenvalue weighted by molar-refractivity contribution is 7.45. The zero-order valence-electron chi connectivity index (χ0n) is 56.1. The van der Waals surface area contributed by atoms with E-state index in [1.54, 1.807) is 0 Å². The fourth-order valence-electron chi connectivity index (χ4n) is 10.5. The average molecular weight is 1200 g/mol. The predicted molar refractivity (Wildman–Crippen MR) is 360 cm³/mol. The van der Waals surface area contributed by atoms with Crippen LogP contribution in [0.1, 0.15) is 348 Å². The maximum atomic E-state index is 12.9. The standard InChI is InChI=1S/C74H138NO8P/c1-6-8-10-12-14-16-18-20-22-24-26-28-30-32-34-36-37-39-40-42-44-46-48-50-52-54-56-58-60-62-64-66-73(76)80-70-72(71-82-84(78,79)81-69-68-75(3,4)5)83-74(77)67-65-63-61-59-57-55-53-51-49-47-45-43-41-38-35-33-31-29-27-25-23-21-19-17-15-13-11-9-7-2/h18-21,24-27,31,33,72H,6-17,22-23,28-30,32,34-71H2,1-5H3/b20-18-,21-19-,26-24-,27-25-,33-31-. The van der Waals surface area contributed by atoms with E-state index >= 15 is 0 Å². The van der Waals surface area contributed by atoms with Crippen molar-refractivity contribution in [1.82, 2.24) is 0 Å². The topological polar surface area (TPSA) is 111 Å². The van der Waals surface area contributed by atoms with Crippen LogP contribution in [0.5, 0.6) is 0 Å². The molecule has 0 aromatic heterocycles. The van der Waals surface area contributed by atoms with Crippen LogP contribution >= 0.6 is 7.82 Å². The lowest BCUT2D eigenvalue weighted by atomic mass is 10.0. The minimum atomic E-state index is -4.64. The van der Waals surface area contributed by atoms with Gasteiger partial charge in [-0.2, -0.15) is 0 Å². The number of phosphoric acid groups is 1. The van der Waals surface area contributed by atoms with E-state index in [-0.39, 0.29) is 32.0 Å². The van der Waals surface area contributed by atoms with Crippen LogP contribution in [0.4, 0.5) is 0 Å². The van der Waals surface area contributed by atoms with Gasteiger partial charge in [0.25, 0.3) is 7.82 Å². The molecule has 10 heteroatoms. The van der Waals surface area contributed by atoms with Gasteiger partial charge in [0.1, 0.15) is 19.8 Å². The van der Waals surface area contributed by atoms with Crippen LogP contribution in [0.25, 0.3) is 0 Å². The number of likely N-dealkylation sites (N-methyl/N-ethyl adjacent to an activating group) is 1. The molecule has 0 aliphatic rings.